The van der Waals surface area contributed by atoms with E-state index >= 15 is 0 Å². The first kappa shape index (κ1) is 9.31. The smallest absolute Gasteiger partial charge is 0.00900 e. The average Bonchev–Trinajstić information content (AvgIpc) is 2.14. The Labute approximate surface area is 64.9 Å². The second kappa shape index (κ2) is 4.18. The van der Waals surface area contributed by atoms with Crippen LogP contribution in [-0.2, 0) is 0 Å². The molecule has 0 aromatic heterocycles. The van der Waals surface area contributed by atoms with Gasteiger partial charge in [-0.05, 0) is 32.9 Å². The van der Waals surface area contributed by atoms with Gasteiger partial charge >= 0.3 is 0 Å². The Kier molecular flexibility index (Phi) is 4.32. The molecule has 1 saturated heterocycles. The highest BCUT2D eigenvalue weighted by Crippen LogP contribution is 2.16. The number of likely N-dealkylation sites (tertiary alicyclic amines) is 1. The molecule has 0 aromatic rings. The summed E-state index contributed by atoms with van der Waals surface area (Å²) >= 11 is 0. The molecule has 0 aliphatic carbocycles. The molecule has 1 atom stereocenters. The number of nitrogens with zero attached hydrogens (tertiary/aromatic N) is 1. The minimum atomic E-state index is 0. The topological polar surface area (TPSA) is 3.24 Å². The molecule has 0 N–H and O–H groups in total. The fraction of sp³-hybridized carbons (Fsp3) is 1.00. The summed E-state index contributed by atoms with van der Waals surface area (Å²) < 4.78 is 0. The van der Waals surface area contributed by atoms with E-state index in [4.69, 9.17) is 0 Å². The fourth-order valence-corrected chi connectivity index (χ4v) is 1.50. The van der Waals surface area contributed by atoms with E-state index in [0.717, 1.165) is 6.04 Å². The molecule has 1 aliphatic rings. The van der Waals surface area contributed by atoms with Crippen molar-refractivity contribution in [2.24, 2.45) is 0 Å². The van der Waals surface area contributed by atoms with Crippen LogP contribution in [0.25, 0.3) is 0 Å². The molecule has 2 heteroatoms. The van der Waals surface area contributed by atoms with E-state index in [1.54, 1.807) is 0 Å². The van der Waals surface area contributed by atoms with Crippen LogP contribution in [0.5, 0.6) is 0 Å². The van der Waals surface area contributed by atoms with Gasteiger partial charge < -0.3 is 4.90 Å². The summed E-state index contributed by atoms with van der Waals surface area (Å²) in [6.07, 6.45) is 4.17. The van der Waals surface area contributed by atoms with Crippen molar-refractivity contribution in [3.63, 3.8) is 0 Å². The van der Waals surface area contributed by atoms with Crippen molar-refractivity contribution in [2.45, 2.75) is 32.2 Å². The van der Waals surface area contributed by atoms with Crippen molar-refractivity contribution in [3.8, 4) is 0 Å². The van der Waals surface area contributed by atoms with Crippen molar-refractivity contribution in [1.82, 2.24) is 4.90 Å². The van der Waals surface area contributed by atoms with Crippen LogP contribution in [-0.4, -0.2) is 24.5 Å². The van der Waals surface area contributed by atoms with Gasteiger partial charge in [0, 0.05) is 6.04 Å². The monoisotopic (exact) mass is 147 g/mol. The van der Waals surface area contributed by atoms with Crippen LogP contribution in [0.2, 0.25) is 0 Å². The van der Waals surface area contributed by atoms with Gasteiger partial charge in [0.1, 0.15) is 0 Å². The highest BCUT2D eigenvalue weighted by molar-refractivity contribution is 7.59. The lowest BCUT2D eigenvalue weighted by atomic mass is 10.2. The summed E-state index contributed by atoms with van der Waals surface area (Å²) in [5.41, 5.74) is 0. The highest BCUT2D eigenvalue weighted by Gasteiger charge is 2.17. The van der Waals surface area contributed by atoms with Gasteiger partial charge in [0.25, 0.3) is 0 Å². The quantitative estimate of drug-likeness (QED) is 0.544. The van der Waals surface area contributed by atoms with Crippen LogP contribution in [0.4, 0.5) is 0 Å². The molecule has 1 aliphatic heterocycles. The highest BCUT2D eigenvalue weighted by atomic mass is 32.1. The number of hydrogen-bond acceptors (Lipinski definition) is 1. The molecule has 0 radical (unpaired) electrons. The zero-order chi connectivity index (χ0) is 5.98. The molecular formula is C7H17NS. The summed E-state index contributed by atoms with van der Waals surface area (Å²) in [5, 5.41) is 0. The minimum absolute atomic E-state index is 0. The molecule has 9 heavy (non-hydrogen) atoms. The Morgan fingerprint density at radius 1 is 1.56 bits per heavy atom. The van der Waals surface area contributed by atoms with E-state index < -0.39 is 0 Å². The maximum atomic E-state index is 2.46. The minimum Gasteiger partial charge on any atom is -0.303 e. The molecule has 0 spiro atoms. The molecule has 0 amide bonds. The van der Waals surface area contributed by atoms with Crippen LogP contribution in [0.3, 0.4) is 0 Å². The van der Waals surface area contributed by atoms with Crippen LogP contribution >= 0.6 is 13.5 Å². The summed E-state index contributed by atoms with van der Waals surface area (Å²) in [4.78, 5) is 2.46. The normalized spacial score (nSPS) is 28.0. The Morgan fingerprint density at radius 2 is 2.22 bits per heavy atom. The first-order valence-corrected chi connectivity index (χ1v) is 3.55. The third kappa shape index (κ3) is 2.18. The molecule has 1 nitrogen and oxygen atoms in total. The molecule has 0 aromatic carbocycles. The fourth-order valence-electron chi connectivity index (χ4n) is 1.50. The van der Waals surface area contributed by atoms with Crippen LogP contribution in [0.15, 0.2) is 0 Å². The van der Waals surface area contributed by atoms with Gasteiger partial charge in [0.05, 0.1) is 0 Å². The zero-order valence-corrected chi connectivity index (χ0v) is 7.35. The largest absolute Gasteiger partial charge is 0.303 e. The van der Waals surface area contributed by atoms with Gasteiger partial charge in [-0.25, -0.2) is 0 Å². The Morgan fingerprint density at radius 3 is 2.44 bits per heavy atom. The van der Waals surface area contributed by atoms with Gasteiger partial charge in [-0.3, -0.25) is 0 Å². The maximum Gasteiger partial charge on any atom is 0.00900 e. The molecule has 56 valence electrons. The third-order valence-corrected chi connectivity index (χ3v) is 2.14. The lowest BCUT2D eigenvalue weighted by Gasteiger charge is -2.16. The molecule has 0 saturated carbocycles. The zero-order valence-electron chi connectivity index (χ0n) is 6.35. The number of hydrogen-bond donors (Lipinski definition) is 0. The lowest BCUT2D eigenvalue weighted by Crippen LogP contribution is -2.23. The molecule has 1 fully saturated rings. The van der Waals surface area contributed by atoms with E-state index in [-0.39, 0.29) is 13.5 Å². The predicted molar refractivity (Wildman–Crippen MR) is 46.3 cm³/mol. The standard InChI is InChI=1S/C7H15N.H2S/c1-3-7-5-4-6-8(7)2;/h7H,3-6H2,1-2H3;1H2/t7-;/m0./s1. The van der Waals surface area contributed by atoms with E-state index in [2.05, 4.69) is 18.9 Å². The molecular weight excluding hydrogens is 130 g/mol. The average molecular weight is 147 g/mol. The van der Waals surface area contributed by atoms with Gasteiger partial charge in [0.2, 0.25) is 0 Å². The van der Waals surface area contributed by atoms with Gasteiger partial charge in [-0.1, -0.05) is 6.92 Å². The molecule has 1 heterocycles. The Hall–Kier alpha value is 0.310. The van der Waals surface area contributed by atoms with Crippen LogP contribution in [0, 0.1) is 0 Å². The lowest BCUT2D eigenvalue weighted by molar-refractivity contribution is 0.304. The van der Waals surface area contributed by atoms with E-state index in [9.17, 15) is 0 Å². The first-order valence-electron chi connectivity index (χ1n) is 3.55. The van der Waals surface area contributed by atoms with Crippen LogP contribution in [0.1, 0.15) is 26.2 Å². The first-order chi connectivity index (χ1) is 3.84. The SMILES string of the molecule is CC[C@H]1CCCN1C.S. The Balaban J connectivity index is 0.000000640. The van der Waals surface area contributed by atoms with Gasteiger partial charge in [-0.15, -0.1) is 0 Å². The number of rotatable bonds is 1. The van der Waals surface area contributed by atoms with E-state index in [1.807, 2.05) is 0 Å². The van der Waals surface area contributed by atoms with Crippen molar-refractivity contribution in [2.75, 3.05) is 13.6 Å². The second-order valence-electron chi connectivity index (χ2n) is 2.68. The van der Waals surface area contributed by atoms with Crippen molar-refractivity contribution in [3.05, 3.63) is 0 Å². The molecule has 0 unspecified atom stereocenters. The van der Waals surface area contributed by atoms with Crippen molar-refractivity contribution in [1.29, 1.82) is 0 Å². The van der Waals surface area contributed by atoms with Gasteiger partial charge in [-0.2, -0.15) is 13.5 Å². The predicted octanol–water partition coefficient (Wildman–Crippen LogP) is 1.60. The maximum absolute atomic E-state index is 2.46. The van der Waals surface area contributed by atoms with Crippen LogP contribution < -0.4 is 0 Å². The summed E-state index contributed by atoms with van der Waals surface area (Å²) in [6, 6.07) is 0.898. The van der Waals surface area contributed by atoms with Crippen molar-refractivity contribution < 1.29 is 0 Å². The van der Waals surface area contributed by atoms with E-state index in [0.29, 0.717) is 0 Å². The summed E-state index contributed by atoms with van der Waals surface area (Å²) in [5.74, 6) is 0. The summed E-state index contributed by atoms with van der Waals surface area (Å²) in [7, 11) is 2.22. The summed E-state index contributed by atoms with van der Waals surface area (Å²) in [6.45, 7) is 3.59. The van der Waals surface area contributed by atoms with E-state index in [1.165, 1.54) is 25.8 Å². The Bertz CT molecular complexity index is 75.3. The van der Waals surface area contributed by atoms with Gasteiger partial charge in [0.15, 0.2) is 0 Å². The molecule has 0 bridgehead atoms. The molecule has 1 rings (SSSR count). The second-order valence-corrected chi connectivity index (χ2v) is 2.68. The van der Waals surface area contributed by atoms with Crippen molar-refractivity contribution >= 4 is 13.5 Å². The third-order valence-electron chi connectivity index (χ3n) is 2.14.